The van der Waals surface area contributed by atoms with Crippen LogP contribution in [0.1, 0.15) is 25.8 Å². The third-order valence-corrected chi connectivity index (χ3v) is 5.07. The SMILES string of the molecule is CN(Cc1cccc([N+](=O)[O-])c1)[C@H]1[C@H]2CCO[C@@H]2C1(C)C. The van der Waals surface area contributed by atoms with Gasteiger partial charge in [-0.1, -0.05) is 26.0 Å². The van der Waals surface area contributed by atoms with Crippen molar-refractivity contribution < 1.29 is 9.66 Å². The van der Waals surface area contributed by atoms with Crippen LogP contribution in [0.5, 0.6) is 0 Å². The molecule has 1 heterocycles. The fourth-order valence-electron chi connectivity index (χ4n) is 4.35. The van der Waals surface area contributed by atoms with Crippen LogP contribution in [0, 0.1) is 21.4 Å². The van der Waals surface area contributed by atoms with Gasteiger partial charge in [-0.3, -0.25) is 15.0 Å². The number of benzene rings is 1. The second-order valence-corrected chi connectivity index (χ2v) is 6.85. The Kier molecular flexibility index (Phi) is 3.50. The molecule has 5 heteroatoms. The van der Waals surface area contributed by atoms with Crippen LogP contribution in [0.2, 0.25) is 0 Å². The Morgan fingerprint density at radius 3 is 2.95 bits per heavy atom. The number of nitro groups is 1. The summed E-state index contributed by atoms with van der Waals surface area (Å²) in [5.41, 5.74) is 1.30. The zero-order chi connectivity index (χ0) is 15.2. The van der Waals surface area contributed by atoms with E-state index in [0.29, 0.717) is 18.1 Å². The van der Waals surface area contributed by atoms with Crippen molar-refractivity contribution in [1.29, 1.82) is 0 Å². The average Bonchev–Trinajstić information content (AvgIpc) is 2.84. The van der Waals surface area contributed by atoms with Gasteiger partial charge in [-0.25, -0.2) is 0 Å². The highest BCUT2D eigenvalue weighted by Crippen LogP contribution is 2.54. The minimum Gasteiger partial charge on any atom is -0.377 e. The van der Waals surface area contributed by atoms with Gasteiger partial charge in [0.2, 0.25) is 0 Å². The van der Waals surface area contributed by atoms with E-state index >= 15 is 0 Å². The second-order valence-electron chi connectivity index (χ2n) is 6.85. The third kappa shape index (κ3) is 2.34. The van der Waals surface area contributed by atoms with E-state index in [1.54, 1.807) is 12.1 Å². The van der Waals surface area contributed by atoms with Crippen molar-refractivity contribution in [3.05, 3.63) is 39.9 Å². The largest absolute Gasteiger partial charge is 0.377 e. The Morgan fingerprint density at radius 2 is 2.24 bits per heavy atom. The Labute approximate surface area is 125 Å². The zero-order valence-corrected chi connectivity index (χ0v) is 12.8. The van der Waals surface area contributed by atoms with Crippen LogP contribution < -0.4 is 0 Å². The van der Waals surface area contributed by atoms with Crippen molar-refractivity contribution in [2.45, 2.75) is 39.0 Å². The molecule has 114 valence electrons. The first kappa shape index (κ1) is 14.5. The lowest BCUT2D eigenvalue weighted by Crippen LogP contribution is -2.65. The highest BCUT2D eigenvalue weighted by Gasteiger charge is 2.60. The monoisotopic (exact) mass is 290 g/mol. The molecular weight excluding hydrogens is 268 g/mol. The summed E-state index contributed by atoms with van der Waals surface area (Å²) in [7, 11) is 2.11. The van der Waals surface area contributed by atoms with Gasteiger partial charge in [0.1, 0.15) is 0 Å². The summed E-state index contributed by atoms with van der Waals surface area (Å²) < 4.78 is 5.83. The normalized spacial score (nSPS) is 30.0. The predicted octanol–water partition coefficient (Wildman–Crippen LogP) is 2.84. The van der Waals surface area contributed by atoms with Gasteiger partial charge in [0.05, 0.1) is 11.0 Å². The molecule has 0 bridgehead atoms. The molecule has 1 saturated heterocycles. The minimum absolute atomic E-state index is 0.149. The summed E-state index contributed by atoms with van der Waals surface area (Å²) in [5.74, 6) is 0.601. The maximum Gasteiger partial charge on any atom is 0.269 e. The van der Waals surface area contributed by atoms with E-state index in [1.165, 1.54) is 6.07 Å². The summed E-state index contributed by atoms with van der Waals surface area (Å²) >= 11 is 0. The van der Waals surface area contributed by atoms with Crippen LogP contribution in [0.3, 0.4) is 0 Å². The molecule has 2 fully saturated rings. The van der Waals surface area contributed by atoms with Crippen molar-refractivity contribution in [2.24, 2.45) is 11.3 Å². The van der Waals surface area contributed by atoms with Crippen LogP contribution in [-0.4, -0.2) is 35.6 Å². The molecule has 1 aliphatic heterocycles. The molecule has 3 rings (SSSR count). The maximum atomic E-state index is 10.9. The number of nitrogens with zero attached hydrogens (tertiary/aromatic N) is 2. The van der Waals surface area contributed by atoms with Gasteiger partial charge >= 0.3 is 0 Å². The maximum absolute atomic E-state index is 10.9. The number of ether oxygens (including phenoxy) is 1. The molecule has 0 spiro atoms. The van der Waals surface area contributed by atoms with Crippen LogP contribution in [0.4, 0.5) is 5.69 Å². The van der Waals surface area contributed by atoms with Crippen LogP contribution in [0.25, 0.3) is 0 Å². The third-order valence-electron chi connectivity index (χ3n) is 5.07. The molecule has 5 nitrogen and oxygen atoms in total. The molecule has 0 radical (unpaired) electrons. The van der Waals surface area contributed by atoms with Gasteiger partial charge in [-0.05, 0) is 19.0 Å². The van der Waals surface area contributed by atoms with Crippen molar-refractivity contribution in [2.75, 3.05) is 13.7 Å². The Morgan fingerprint density at radius 1 is 1.48 bits per heavy atom. The van der Waals surface area contributed by atoms with E-state index in [-0.39, 0.29) is 16.0 Å². The summed E-state index contributed by atoms with van der Waals surface area (Å²) in [6, 6.07) is 7.40. The van der Waals surface area contributed by atoms with Gasteiger partial charge in [-0.15, -0.1) is 0 Å². The average molecular weight is 290 g/mol. The summed E-state index contributed by atoms with van der Waals surface area (Å²) in [4.78, 5) is 12.9. The molecule has 1 aliphatic carbocycles. The molecule has 3 atom stereocenters. The highest BCUT2D eigenvalue weighted by atomic mass is 16.6. The van der Waals surface area contributed by atoms with Crippen molar-refractivity contribution in [3.8, 4) is 0 Å². The van der Waals surface area contributed by atoms with E-state index in [0.717, 1.165) is 25.1 Å². The van der Waals surface area contributed by atoms with Crippen LogP contribution in [0.15, 0.2) is 24.3 Å². The zero-order valence-electron chi connectivity index (χ0n) is 12.8. The predicted molar refractivity (Wildman–Crippen MR) is 80.0 cm³/mol. The number of rotatable bonds is 4. The quantitative estimate of drug-likeness (QED) is 0.632. The molecule has 1 saturated carbocycles. The van der Waals surface area contributed by atoms with Gasteiger partial charge in [0.15, 0.2) is 0 Å². The first-order valence-corrected chi connectivity index (χ1v) is 7.46. The first-order chi connectivity index (χ1) is 9.91. The van der Waals surface area contributed by atoms with E-state index in [4.69, 9.17) is 4.74 Å². The van der Waals surface area contributed by atoms with Gasteiger partial charge in [0.25, 0.3) is 5.69 Å². The fourth-order valence-corrected chi connectivity index (χ4v) is 4.35. The van der Waals surface area contributed by atoms with E-state index < -0.39 is 0 Å². The van der Waals surface area contributed by atoms with E-state index in [9.17, 15) is 10.1 Å². The minimum atomic E-state index is -0.336. The highest BCUT2D eigenvalue weighted by molar-refractivity contribution is 5.34. The number of hydrogen-bond donors (Lipinski definition) is 0. The second kappa shape index (κ2) is 5.07. The molecular formula is C16H22N2O3. The fraction of sp³-hybridized carbons (Fsp3) is 0.625. The smallest absolute Gasteiger partial charge is 0.269 e. The van der Waals surface area contributed by atoms with Crippen molar-refractivity contribution >= 4 is 5.69 Å². The first-order valence-electron chi connectivity index (χ1n) is 7.46. The molecule has 2 aliphatic rings. The van der Waals surface area contributed by atoms with E-state index in [2.05, 4.69) is 25.8 Å². The Bertz CT molecular complexity index is 558. The molecule has 0 amide bonds. The molecule has 1 aromatic carbocycles. The number of non-ortho nitro benzene ring substituents is 1. The summed E-state index contributed by atoms with van der Waals surface area (Å²) in [6.45, 7) is 6.11. The van der Waals surface area contributed by atoms with Crippen molar-refractivity contribution in [1.82, 2.24) is 4.90 Å². The van der Waals surface area contributed by atoms with Gasteiger partial charge in [0, 0.05) is 42.7 Å². The molecule has 0 unspecified atom stereocenters. The lowest BCUT2D eigenvalue weighted by molar-refractivity contribution is -0.384. The number of fused-ring (bicyclic) bond motifs is 1. The van der Waals surface area contributed by atoms with Crippen molar-refractivity contribution in [3.63, 3.8) is 0 Å². The standard InChI is InChI=1S/C16H22N2O3/c1-16(2)14(13-7-8-21-15(13)16)17(3)10-11-5-4-6-12(9-11)18(19)20/h4-6,9,13-15H,7-8,10H2,1-3H3/t13-,14+,15+/m1/s1. The van der Waals surface area contributed by atoms with E-state index in [1.807, 2.05) is 6.07 Å². The molecule has 1 aromatic rings. The lowest BCUT2D eigenvalue weighted by Gasteiger charge is -2.58. The molecule has 0 aromatic heterocycles. The summed E-state index contributed by atoms with van der Waals surface area (Å²) in [6.07, 6.45) is 1.49. The topological polar surface area (TPSA) is 55.6 Å². The molecule has 0 N–H and O–H groups in total. The lowest BCUT2D eigenvalue weighted by atomic mass is 9.57. The number of hydrogen-bond acceptors (Lipinski definition) is 4. The Balaban J connectivity index is 1.73. The molecule has 21 heavy (non-hydrogen) atoms. The summed E-state index contributed by atoms with van der Waals surface area (Å²) in [5, 5.41) is 10.9. The Hall–Kier alpha value is -1.46. The number of nitro benzene ring substituents is 1. The van der Waals surface area contributed by atoms with Gasteiger partial charge in [-0.2, -0.15) is 0 Å². The van der Waals surface area contributed by atoms with Crippen LogP contribution >= 0.6 is 0 Å². The van der Waals surface area contributed by atoms with Gasteiger partial charge < -0.3 is 4.74 Å². The van der Waals surface area contributed by atoms with Crippen LogP contribution in [-0.2, 0) is 11.3 Å².